The van der Waals surface area contributed by atoms with Crippen LogP contribution in [0.5, 0.6) is 11.5 Å². The highest BCUT2D eigenvalue weighted by molar-refractivity contribution is 5.54. The minimum atomic E-state index is -0.881. The summed E-state index contributed by atoms with van der Waals surface area (Å²) in [4.78, 5) is 68.0. The van der Waals surface area contributed by atoms with E-state index in [0.29, 0.717) is 63.4 Å². The van der Waals surface area contributed by atoms with Gasteiger partial charge in [0.1, 0.15) is 0 Å². The molecule has 0 unspecified atom stereocenters. The lowest BCUT2D eigenvalue weighted by Crippen LogP contribution is -2.55. The first-order valence-corrected chi connectivity index (χ1v) is 13.5. The summed E-state index contributed by atoms with van der Waals surface area (Å²) in [6.45, 7) is 4.62. The van der Waals surface area contributed by atoms with E-state index in [1.165, 1.54) is 10.0 Å². The summed E-state index contributed by atoms with van der Waals surface area (Å²) in [6.07, 6.45) is 0. The Morgan fingerprint density at radius 2 is 1.09 bits per heavy atom. The number of rotatable bonds is 14. The number of hydrogen-bond acceptors (Lipinski definition) is 15. The van der Waals surface area contributed by atoms with Gasteiger partial charge in [0.15, 0.2) is 0 Å². The van der Waals surface area contributed by atoms with E-state index in [1.807, 2.05) is 0 Å². The van der Waals surface area contributed by atoms with Crippen molar-refractivity contribution >= 4 is 22.7 Å². The van der Waals surface area contributed by atoms with Gasteiger partial charge in [0, 0.05) is 51.4 Å². The molecule has 2 aromatic carbocycles. The molecule has 24 nitrogen and oxygen atoms in total. The van der Waals surface area contributed by atoms with Gasteiger partial charge >= 0.3 is 11.4 Å². The van der Waals surface area contributed by atoms with E-state index in [-0.39, 0.29) is 23.8 Å². The highest BCUT2D eigenvalue weighted by Crippen LogP contribution is 2.32. The Kier molecular flexibility index (Phi) is 10.4. The van der Waals surface area contributed by atoms with Crippen molar-refractivity contribution in [3.8, 4) is 11.5 Å². The average Bonchev–Trinajstić information content (AvgIpc) is 3.05. The molecule has 2 aromatic rings. The summed E-state index contributed by atoms with van der Waals surface area (Å²) in [5.41, 5.74) is -0.348. The Bertz CT molecular complexity index is 1530. The fourth-order valence-corrected chi connectivity index (χ4v) is 4.52. The molecule has 2 saturated heterocycles. The number of nitrogens with zero attached hydrogens (tertiary/aromatic N) is 11. The monoisotopic (exact) mass is 651 g/mol. The lowest BCUT2D eigenvalue weighted by molar-refractivity contribution is -0.782. The van der Waals surface area contributed by atoms with E-state index in [4.69, 9.17) is 9.68 Å². The lowest BCUT2D eigenvalue weighted by Gasteiger charge is -2.34. The number of hydrazine groups is 3. The van der Waals surface area contributed by atoms with Crippen molar-refractivity contribution in [2.45, 2.75) is 0 Å². The Balaban J connectivity index is 1.17. The van der Waals surface area contributed by atoms with Gasteiger partial charge in [-0.2, -0.15) is 0 Å². The summed E-state index contributed by atoms with van der Waals surface area (Å²) in [7, 11) is 0. The van der Waals surface area contributed by atoms with Crippen molar-refractivity contribution in [3.05, 3.63) is 87.0 Å². The van der Waals surface area contributed by atoms with Crippen LogP contribution in [0.3, 0.4) is 0 Å². The summed E-state index contributed by atoms with van der Waals surface area (Å²) in [5.74, 6) is -0.794. The zero-order valence-electron chi connectivity index (χ0n) is 23.9. The molecule has 0 spiro atoms. The van der Waals surface area contributed by atoms with E-state index in [9.17, 15) is 50.6 Å². The predicted octanol–water partition coefficient (Wildman–Crippen LogP) is 0.918. The number of nitroso groups, excluding NO2 is 1. The normalized spacial score (nSPS) is 16.0. The zero-order valence-corrected chi connectivity index (χ0v) is 23.9. The molecule has 4 rings (SSSR count). The third-order valence-corrected chi connectivity index (χ3v) is 7.07. The van der Waals surface area contributed by atoms with Crippen LogP contribution in [0.25, 0.3) is 0 Å². The van der Waals surface area contributed by atoms with E-state index < -0.39 is 48.2 Å². The molecule has 0 bridgehead atoms. The molecule has 2 aliphatic heterocycles. The fraction of sp³-hybridized carbons (Fsp3) is 0.455. The van der Waals surface area contributed by atoms with Gasteiger partial charge in [-0.1, -0.05) is 0 Å². The SMILES string of the molecule is O=[N+]([O-])c1ccc(O/N=[N+](\[O-])N2CCN(CCN3CCN([N+](=O)NOc4ccc([N+](=O)[O-])cc4[N+](=O)[O-])CC3)CC2)c([N+](=O)[O-])c1. The van der Waals surface area contributed by atoms with Gasteiger partial charge in [0.05, 0.1) is 73.5 Å². The number of benzene rings is 2. The van der Waals surface area contributed by atoms with E-state index in [2.05, 4.69) is 20.7 Å². The molecule has 46 heavy (non-hydrogen) atoms. The Morgan fingerprint density at radius 1 is 0.630 bits per heavy atom. The molecule has 24 heteroatoms. The maximum Gasteiger partial charge on any atom is 0.321 e. The third-order valence-electron chi connectivity index (χ3n) is 7.07. The molecule has 2 heterocycles. The average molecular weight is 652 g/mol. The van der Waals surface area contributed by atoms with Crippen molar-refractivity contribution in [2.24, 2.45) is 5.28 Å². The van der Waals surface area contributed by atoms with Gasteiger partial charge in [-0.3, -0.25) is 55.1 Å². The van der Waals surface area contributed by atoms with Crippen molar-refractivity contribution in [2.75, 3.05) is 65.4 Å². The number of nitro benzene ring substituents is 4. The second-order valence-electron chi connectivity index (χ2n) is 9.82. The largest absolute Gasteiger partial charge is 0.569 e. The van der Waals surface area contributed by atoms with Crippen LogP contribution in [-0.4, -0.2) is 115 Å². The maximum absolute atomic E-state index is 12.4. The molecule has 1 N–H and O–H groups in total. The van der Waals surface area contributed by atoms with Gasteiger partial charge in [-0.25, -0.2) is 0 Å². The smallest absolute Gasteiger partial charge is 0.321 e. The molecule has 2 fully saturated rings. The highest BCUT2D eigenvalue weighted by Gasteiger charge is 2.30. The molecule has 0 saturated carbocycles. The van der Waals surface area contributed by atoms with E-state index in [0.717, 1.165) is 30.3 Å². The topological polar surface area (TPSA) is 275 Å². The molecule has 0 radical (unpaired) electrons. The molecular formula is C22H27N12O12+. The van der Waals surface area contributed by atoms with Crippen LogP contribution in [-0.2, 0) is 0 Å². The minimum absolute atomic E-state index is 0.175. The van der Waals surface area contributed by atoms with Gasteiger partial charge < -0.3 is 10.0 Å². The summed E-state index contributed by atoms with van der Waals surface area (Å²) >= 11 is 0. The molecule has 0 amide bonds. The van der Waals surface area contributed by atoms with Crippen LogP contribution in [0.15, 0.2) is 41.7 Å². The number of non-ortho nitro benzene ring substituents is 2. The van der Waals surface area contributed by atoms with Gasteiger partial charge in [-0.15, -0.1) is 10.0 Å². The predicted molar refractivity (Wildman–Crippen MR) is 150 cm³/mol. The summed E-state index contributed by atoms with van der Waals surface area (Å²) in [5, 5.41) is 62.6. The standard InChI is InChI=1S/C22H27N12O12/c35-29(36)17-1-3-21(19(15-17)31(39)40)45-23-33(43)27-11-7-25(8-12-27)5-6-26-9-13-28(14-10-26)34(44)24-46-22-4-2-18(30(37)38)16-20(22)32(41)42/h1-4,15-16H,5-14H2,(H,23,43)/q+1/b34-24-. The van der Waals surface area contributed by atoms with Crippen molar-refractivity contribution < 1.29 is 39.3 Å². The van der Waals surface area contributed by atoms with Crippen LogP contribution in [0.1, 0.15) is 0 Å². The van der Waals surface area contributed by atoms with Crippen LogP contribution in [0.4, 0.5) is 22.7 Å². The first-order valence-electron chi connectivity index (χ1n) is 13.5. The molecule has 2 aliphatic rings. The second-order valence-corrected chi connectivity index (χ2v) is 9.82. The van der Waals surface area contributed by atoms with E-state index >= 15 is 0 Å². The Morgan fingerprint density at radius 3 is 1.57 bits per heavy atom. The lowest BCUT2D eigenvalue weighted by atomic mass is 10.2. The molecular weight excluding hydrogens is 624 g/mol. The Hall–Kier alpha value is -6.04. The molecule has 0 atom stereocenters. The van der Waals surface area contributed by atoms with Gasteiger partial charge in [-0.05, 0) is 12.1 Å². The van der Waals surface area contributed by atoms with E-state index in [1.54, 1.807) is 0 Å². The fourth-order valence-electron chi connectivity index (χ4n) is 4.52. The minimum Gasteiger partial charge on any atom is -0.569 e. The molecule has 0 aliphatic carbocycles. The first kappa shape index (κ1) is 32.9. The van der Waals surface area contributed by atoms with Gasteiger partial charge in [0.25, 0.3) is 16.4 Å². The quantitative estimate of drug-likeness (QED) is 0.129. The number of nitrogens with one attached hydrogen (secondary N) is 1. The number of nitro groups is 4. The van der Waals surface area contributed by atoms with Crippen molar-refractivity contribution in [3.63, 3.8) is 0 Å². The van der Waals surface area contributed by atoms with Crippen molar-refractivity contribution in [1.82, 2.24) is 25.4 Å². The molecule has 0 aromatic heterocycles. The summed E-state index contributed by atoms with van der Waals surface area (Å²) in [6, 6.07) is 5.45. The number of piperazine rings is 2. The molecule has 246 valence electrons. The summed E-state index contributed by atoms with van der Waals surface area (Å²) < 4.78 is 0. The van der Waals surface area contributed by atoms with Crippen LogP contribution in [0.2, 0.25) is 0 Å². The zero-order chi connectivity index (χ0) is 33.4. The van der Waals surface area contributed by atoms with Crippen LogP contribution < -0.4 is 15.3 Å². The Labute approximate surface area is 257 Å². The van der Waals surface area contributed by atoms with Crippen LogP contribution >= 0.6 is 0 Å². The number of hydrogen-bond donors (Lipinski definition) is 1. The first-order chi connectivity index (χ1) is 21.9. The van der Waals surface area contributed by atoms with Crippen LogP contribution in [0, 0.1) is 50.6 Å². The van der Waals surface area contributed by atoms with Gasteiger partial charge in [0.2, 0.25) is 16.8 Å². The highest BCUT2D eigenvalue weighted by atomic mass is 16.7. The second kappa shape index (κ2) is 14.6. The van der Waals surface area contributed by atoms with Crippen molar-refractivity contribution in [1.29, 1.82) is 0 Å². The maximum atomic E-state index is 12.4. The third kappa shape index (κ3) is 8.32.